The number of carbonyl (C=O) groups is 1. The number of nitrogens with zero attached hydrogens (tertiary/aromatic N) is 1. The molecule has 0 aromatic heterocycles. The Bertz CT molecular complexity index is 791. The van der Waals surface area contributed by atoms with E-state index < -0.39 is 11.0 Å². The predicted molar refractivity (Wildman–Crippen MR) is 92.2 cm³/mol. The van der Waals surface area contributed by atoms with Crippen LogP contribution in [-0.4, -0.2) is 30.1 Å². The number of hydrogen-bond donors (Lipinski definition) is 2. The van der Waals surface area contributed by atoms with Gasteiger partial charge in [0.15, 0.2) is 11.5 Å². The van der Waals surface area contributed by atoms with Gasteiger partial charge in [0.05, 0.1) is 10.6 Å². The van der Waals surface area contributed by atoms with Crippen molar-refractivity contribution < 1.29 is 19.2 Å². The van der Waals surface area contributed by atoms with E-state index in [4.69, 9.17) is 9.47 Å². The first-order chi connectivity index (χ1) is 12.0. The molecule has 0 aliphatic carbocycles. The predicted octanol–water partition coefficient (Wildman–Crippen LogP) is 2.81. The molecule has 3 rings (SSSR count). The summed E-state index contributed by atoms with van der Waals surface area (Å²) in [5.74, 6) is 0.950. The zero-order chi connectivity index (χ0) is 17.8. The van der Waals surface area contributed by atoms with Gasteiger partial charge in [-0.1, -0.05) is 6.07 Å². The van der Waals surface area contributed by atoms with Crippen LogP contribution in [0.15, 0.2) is 42.5 Å². The zero-order valence-electron chi connectivity index (χ0n) is 13.5. The van der Waals surface area contributed by atoms with Crippen molar-refractivity contribution in [3.05, 3.63) is 52.6 Å². The van der Waals surface area contributed by atoms with Gasteiger partial charge < -0.3 is 20.1 Å². The molecule has 8 nitrogen and oxygen atoms in total. The van der Waals surface area contributed by atoms with E-state index >= 15 is 0 Å². The molecule has 25 heavy (non-hydrogen) atoms. The number of ether oxygens (including phenoxy) is 2. The van der Waals surface area contributed by atoms with E-state index in [0.717, 1.165) is 0 Å². The molecule has 0 radical (unpaired) electrons. The Morgan fingerprint density at radius 1 is 1.16 bits per heavy atom. The summed E-state index contributed by atoms with van der Waals surface area (Å²) in [5.41, 5.74) is 1.12. The quantitative estimate of drug-likeness (QED) is 0.639. The molecule has 130 valence electrons. The minimum Gasteiger partial charge on any atom is -0.486 e. The molecule has 0 saturated heterocycles. The summed E-state index contributed by atoms with van der Waals surface area (Å²) in [4.78, 5) is 22.5. The number of para-hydroxylation sites is 1. The number of rotatable bonds is 5. The molecule has 1 aliphatic heterocycles. The Kier molecular flexibility index (Phi) is 4.69. The fraction of sp³-hybridized carbons (Fsp3) is 0.235. The monoisotopic (exact) mass is 343 g/mol. The molecule has 0 fully saturated rings. The molecule has 1 heterocycles. The molecule has 0 bridgehead atoms. The normalized spacial score (nSPS) is 13.6. The molecule has 0 saturated carbocycles. The second-order valence-electron chi connectivity index (χ2n) is 5.49. The van der Waals surface area contributed by atoms with E-state index in [2.05, 4.69) is 10.6 Å². The first-order valence-corrected chi connectivity index (χ1v) is 7.75. The Hall–Kier alpha value is -3.29. The standard InChI is InChI=1S/C17H17N3O5/c1-11(17(21)19-12-5-7-13(8-6-12)20(22)23)18-14-3-2-4-15-16(14)25-10-9-24-15/h2-8,11,18H,9-10H2,1H3,(H,19,21)/t11-/m1/s1. The maximum absolute atomic E-state index is 12.3. The number of anilines is 2. The van der Waals surface area contributed by atoms with Gasteiger partial charge in [0.1, 0.15) is 19.3 Å². The van der Waals surface area contributed by atoms with Gasteiger partial charge in [0.25, 0.3) is 5.69 Å². The van der Waals surface area contributed by atoms with Crippen molar-refractivity contribution in [2.24, 2.45) is 0 Å². The van der Waals surface area contributed by atoms with E-state index in [1.165, 1.54) is 24.3 Å². The maximum Gasteiger partial charge on any atom is 0.269 e. The molecule has 1 atom stereocenters. The van der Waals surface area contributed by atoms with Gasteiger partial charge in [-0.2, -0.15) is 0 Å². The number of fused-ring (bicyclic) bond motifs is 1. The summed E-state index contributed by atoms with van der Waals surface area (Å²) < 4.78 is 11.1. The van der Waals surface area contributed by atoms with Crippen LogP contribution in [0.1, 0.15) is 6.92 Å². The lowest BCUT2D eigenvalue weighted by Crippen LogP contribution is -2.32. The molecule has 2 N–H and O–H groups in total. The number of nitro benzene ring substituents is 1. The number of non-ortho nitro benzene ring substituents is 1. The van der Waals surface area contributed by atoms with E-state index in [-0.39, 0.29) is 11.6 Å². The molecular weight excluding hydrogens is 326 g/mol. The van der Waals surface area contributed by atoms with E-state index in [0.29, 0.717) is 36.1 Å². The SMILES string of the molecule is C[C@@H](Nc1cccc2c1OCCO2)C(=O)Nc1ccc([N+](=O)[O-])cc1. The van der Waals surface area contributed by atoms with E-state index in [1.807, 2.05) is 12.1 Å². The van der Waals surface area contributed by atoms with Crippen LogP contribution in [0.4, 0.5) is 17.1 Å². The molecule has 1 aliphatic rings. The molecule has 2 aromatic rings. The lowest BCUT2D eigenvalue weighted by molar-refractivity contribution is -0.384. The average molecular weight is 343 g/mol. The number of carbonyl (C=O) groups excluding carboxylic acids is 1. The largest absolute Gasteiger partial charge is 0.486 e. The molecule has 0 unspecified atom stereocenters. The summed E-state index contributed by atoms with van der Waals surface area (Å²) in [6.07, 6.45) is 0. The minimum atomic E-state index is -0.549. The average Bonchev–Trinajstić information content (AvgIpc) is 2.62. The summed E-state index contributed by atoms with van der Waals surface area (Å²) in [5, 5.41) is 16.5. The van der Waals surface area contributed by atoms with Gasteiger partial charge in [-0.3, -0.25) is 14.9 Å². The summed E-state index contributed by atoms with van der Waals surface area (Å²) in [6, 6.07) is 10.5. The number of amides is 1. The second-order valence-corrected chi connectivity index (χ2v) is 5.49. The van der Waals surface area contributed by atoms with Crippen molar-refractivity contribution in [1.29, 1.82) is 0 Å². The van der Waals surface area contributed by atoms with Gasteiger partial charge in [-0.15, -0.1) is 0 Å². The van der Waals surface area contributed by atoms with Crippen molar-refractivity contribution in [3.63, 3.8) is 0 Å². The Balaban J connectivity index is 1.66. The molecule has 0 spiro atoms. The third-order valence-corrected chi connectivity index (χ3v) is 3.68. The first kappa shape index (κ1) is 16.6. The second kappa shape index (κ2) is 7.08. The Labute approximate surface area is 143 Å². The zero-order valence-corrected chi connectivity index (χ0v) is 13.5. The van der Waals surface area contributed by atoms with Crippen molar-refractivity contribution in [2.45, 2.75) is 13.0 Å². The van der Waals surface area contributed by atoms with Crippen LogP contribution in [-0.2, 0) is 4.79 Å². The lowest BCUT2D eigenvalue weighted by Gasteiger charge is -2.23. The maximum atomic E-state index is 12.3. The van der Waals surface area contributed by atoms with Crippen LogP contribution >= 0.6 is 0 Å². The third-order valence-electron chi connectivity index (χ3n) is 3.68. The minimum absolute atomic E-state index is 0.0303. The van der Waals surface area contributed by atoms with E-state index in [9.17, 15) is 14.9 Å². The smallest absolute Gasteiger partial charge is 0.269 e. The highest BCUT2D eigenvalue weighted by Crippen LogP contribution is 2.37. The summed E-state index contributed by atoms with van der Waals surface area (Å²) in [7, 11) is 0. The lowest BCUT2D eigenvalue weighted by atomic mass is 10.2. The van der Waals surface area contributed by atoms with Crippen molar-refractivity contribution in [2.75, 3.05) is 23.8 Å². The molecular formula is C17H17N3O5. The number of nitro groups is 1. The third kappa shape index (κ3) is 3.79. The van der Waals surface area contributed by atoms with Crippen LogP contribution in [0.2, 0.25) is 0 Å². The van der Waals surface area contributed by atoms with Gasteiger partial charge >= 0.3 is 0 Å². The first-order valence-electron chi connectivity index (χ1n) is 7.75. The van der Waals surface area contributed by atoms with Crippen LogP contribution in [0.5, 0.6) is 11.5 Å². The van der Waals surface area contributed by atoms with Crippen molar-refractivity contribution in [3.8, 4) is 11.5 Å². The summed E-state index contributed by atoms with van der Waals surface area (Å²) >= 11 is 0. The number of hydrogen-bond acceptors (Lipinski definition) is 6. The fourth-order valence-corrected chi connectivity index (χ4v) is 2.40. The van der Waals surface area contributed by atoms with E-state index in [1.54, 1.807) is 13.0 Å². The molecule has 8 heteroatoms. The highest BCUT2D eigenvalue weighted by Gasteiger charge is 2.19. The van der Waals surface area contributed by atoms with Gasteiger partial charge in [0, 0.05) is 17.8 Å². The molecule has 1 amide bonds. The summed E-state index contributed by atoms with van der Waals surface area (Å²) in [6.45, 7) is 2.66. The Morgan fingerprint density at radius 3 is 2.60 bits per heavy atom. The van der Waals surface area contributed by atoms with Crippen molar-refractivity contribution in [1.82, 2.24) is 0 Å². The number of nitrogens with one attached hydrogen (secondary N) is 2. The van der Waals surface area contributed by atoms with Crippen LogP contribution < -0.4 is 20.1 Å². The van der Waals surface area contributed by atoms with Gasteiger partial charge in [-0.05, 0) is 31.2 Å². The highest BCUT2D eigenvalue weighted by molar-refractivity contribution is 5.96. The molecule has 2 aromatic carbocycles. The van der Waals surface area contributed by atoms with Gasteiger partial charge in [0.2, 0.25) is 5.91 Å². The number of benzene rings is 2. The Morgan fingerprint density at radius 2 is 1.88 bits per heavy atom. The van der Waals surface area contributed by atoms with Crippen LogP contribution in [0, 0.1) is 10.1 Å². The van der Waals surface area contributed by atoms with Crippen molar-refractivity contribution >= 4 is 23.0 Å². The van der Waals surface area contributed by atoms with Crippen LogP contribution in [0.3, 0.4) is 0 Å². The van der Waals surface area contributed by atoms with Gasteiger partial charge in [-0.25, -0.2) is 0 Å². The highest BCUT2D eigenvalue weighted by atomic mass is 16.6. The van der Waals surface area contributed by atoms with Crippen LogP contribution in [0.25, 0.3) is 0 Å². The fourth-order valence-electron chi connectivity index (χ4n) is 2.40. The topological polar surface area (TPSA) is 103 Å².